The van der Waals surface area contributed by atoms with Crippen molar-refractivity contribution in [3.63, 3.8) is 0 Å². The van der Waals surface area contributed by atoms with Crippen molar-refractivity contribution in [2.24, 2.45) is 5.92 Å². The van der Waals surface area contributed by atoms with Gasteiger partial charge in [-0.3, -0.25) is 4.79 Å². The number of halogens is 2. The number of nitrogen functional groups attached to an aromatic ring is 1. The number of nitrogens with zero attached hydrogens (tertiary/aromatic N) is 2. The fourth-order valence-corrected chi connectivity index (χ4v) is 3.36. The van der Waals surface area contributed by atoms with Gasteiger partial charge in [0.1, 0.15) is 11.3 Å². The Balaban J connectivity index is 0.000000420. The number of anilines is 1. The summed E-state index contributed by atoms with van der Waals surface area (Å²) in [6.07, 6.45) is 7.04. The highest BCUT2D eigenvalue weighted by molar-refractivity contribution is 8.01. The number of alkyl halides is 2. The van der Waals surface area contributed by atoms with E-state index in [-0.39, 0.29) is 17.5 Å². The van der Waals surface area contributed by atoms with Crippen molar-refractivity contribution in [2.45, 2.75) is 31.7 Å². The normalized spacial score (nSPS) is 14.1. The molecule has 1 aliphatic carbocycles. The Bertz CT molecular complexity index is 1120. The second kappa shape index (κ2) is 12.3. The fourth-order valence-electron chi connectivity index (χ4n) is 3.04. The van der Waals surface area contributed by atoms with Crippen molar-refractivity contribution < 1.29 is 18.3 Å². The van der Waals surface area contributed by atoms with Crippen LogP contribution in [0.3, 0.4) is 0 Å². The van der Waals surface area contributed by atoms with Gasteiger partial charge in [0.15, 0.2) is 0 Å². The summed E-state index contributed by atoms with van der Waals surface area (Å²) in [6.45, 7) is 0.699. The molecule has 0 saturated heterocycles. The number of para-hydroxylation sites is 2. The number of carbonyl (C=O) groups excluding carboxylic acids is 1. The topological polar surface area (TPSA) is 90.1 Å². The molecule has 1 fully saturated rings. The molecular weight excluding hydrogens is 470 g/mol. The van der Waals surface area contributed by atoms with Crippen LogP contribution in [0.2, 0.25) is 0 Å². The zero-order chi connectivity index (χ0) is 25.3. The Labute approximate surface area is 208 Å². The number of nitrogens with two attached hydrogens (primary N) is 1. The molecule has 0 spiro atoms. The molecule has 35 heavy (non-hydrogen) atoms. The van der Waals surface area contributed by atoms with Crippen molar-refractivity contribution in [1.82, 2.24) is 15.3 Å². The lowest BCUT2D eigenvalue weighted by molar-refractivity contribution is 0.00707. The number of hydrogen-bond donors (Lipinski definition) is 2. The summed E-state index contributed by atoms with van der Waals surface area (Å²) in [5.74, 6) is -3.83. The van der Waals surface area contributed by atoms with Gasteiger partial charge in [-0.1, -0.05) is 42.5 Å². The molecule has 1 saturated carbocycles. The van der Waals surface area contributed by atoms with Gasteiger partial charge in [-0.25, -0.2) is 4.98 Å². The molecular formula is C26H28F2N4O2S. The maximum absolute atomic E-state index is 13.7. The van der Waals surface area contributed by atoms with Crippen LogP contribution in [0.15, 0.2) is 78.3 Å². The molecule has 1 amide bonds. The van der Waals surface area contributed by atoms with E-state index in [9.17, 15) is 13.6 Å². The fraction of sp³-hybridized carbons (Fsp3) is 0.269. The Hall–Kier alpha value is -3.46. The van der Waals surface area contributed by atoms with E-state index >= 15 is 0 Å². The van der Waals surface area contributed by atoms with Gasteiger partial charge in [0, 0.05) is 18.8 Å². The summed E-state index contributed by atoms with van der Waals surface area (Å²) < 4.78 is 33.0. The highest BCUT2D eigenvalue weighted by Crippen LogP contribution is 2.34. The Morgan fingerprint density at radius 1 is 1.17 bits per heavy atom. The average molecular weight is 499 g/mol. The van der Waals surface area contributed by atoms with Crippen LogP contribution in [0, 0.1) is 5.92 Å². The van der Waals surface area contributed by atoms with Gasteiger partial charge < -0.3 is 15.8 Å². The maximum Gasteiger partial charge on any atom is 0.303 e. The van der Waals surface area contributed by atoms with Gasteiger partial charge in [0.05, 0.1) is 6.04 Å². The third kappa shape index (κ3) is 8.36. The van der Waals surface area contributed by atoms with Crippen molar-refractivity contribution in [2.75, 3.05) is 12.0 Å². The zero-order valence-corrected chi connectivity index (χ0v) is 20.3. The number of hydrogen-bond acceptors (Lipinski definition) is 6. The molecule has 0 aliphatic heterocycles. The largest absolute Gasteiger partial charge is 0.438 e. The summed E-state index contributed by atoms with van der Waals surface area (Å²) in [7, 11) is 0. The van der Waals surface area contributed by atoms with Gasteiger partial charge in [-0.15, -0.1) is 11.8 Å². The number of benzene rings is 2. The van der Waals surface area contributed by atoms with Crippen molar-refractivity contribution in [1.29, 1.82) is 0 Å². The first-order chi connectivity index (χ1) is 16.8. The third-order valence-electron chi connectivity index (χ3n) is 5.00. The summed E-state index contributed by atoms with van der Waals surface area (Å²) in [5.41, 5.74) is 6.19. The molecule has 9 heteroatoms. The smallest absolute Gasteiger partial charge is 0.303 e. The van der Waals surface area contributed by atoms with E-state index in [2.05, 4.69) is 15.3 Å². The van der Waals surface area contributed by atoms with Crippen molar-refractivity contribution in [3.05, 3.63) is 89.7 Å². The van der Waals surface area contributed by atoms with Crippen LogP contribution in [0.1, 0.15) is 35.9 Å². The number of carbonyl (C=O) groups is 1. The molecule has 1 unspecified atom stereocenters. The van der Waals surface area contributed by atoms with E-state index in [0.717, 1.165) is 24.7 Å². The molecule has 0 bridgehead atoms. The molecule has 1 aliphatic rings. The molecule has 1 aromatic heterocycles. The number of ether oxygens (including phenoxy) is 1. The maximum atomic E-state index is 13.7. The third-order valence-corrected chi connectivity index (χ3v) is 5.43. The van der Waals surface area contributed by atoms with E-state index in [1.807, 2.05) is 48.1 Å². The molecule has 1 heterocycles. The molecule has 1 atom stereocenters. The standard InChI is InChI=1S/C20H21F2N3O2S.C6H7N/c1-20(21,22)19-23-12-15(18(25-19)27-14-6-4-3-5-7-14)17(26)24-16(10-11-28-2)13-8-9-13;7-6-4-2-1-3-5-6/h3-7,10-13,16H,8-9H2,1-2H3,(H,24,26);1-5H,7H2/b11-10+;. The minimum absolute atomic E-state index is 0.0139. The van der Waals surface area contributed by atoms with Gasteiger partial charge in [0.2, 0.25) is 11.7 Å². The van der Waals surface area contributed by atoms with Crippen molar-refractivity contribution in [3.8, 4) is 11.6 Å². The molecule has 2 aromatic carbocycles. The minimum Gasteiger partial charge on any atom is -0.438 e. The number of amides is 1. The predicted molar refractivity (Wildman–Crippen MR) is 136 cm³/mol. The summed E-state index contributed by atoms with van der Waals surface area (Å²) in [5, 5.41) is 4.85. The van der Waals surface area contributed by atoms with Gasteiger partial charge in [0.25, 0.3) is 5.91 Å². The lowest BCUT2D eigenvalue weighted by Gasteiger charge is -2.17. The predicted octanol–water partition coefficient (Wildman–Crippen LogP) is 6.03. The van der Waals surface area contributed by atoms with E-state index in [1.165, 1.54) is 0 Å². The second-order valence-electron chi connectivity index (χ2n) is 8.03. The van der Waals surface area contributed by atoms with Crippen LogP contribution in [-0.2, 0) is 5.92 Å². The molecule has 4 rings (SSSR count). The van der Waals surface area contributed by atoms with Crippen LogP contribution in [0.4, 0.5) is 14.5 Å². The Morgan fingerprint density at radius 3 is 2.31 bits per heavy atom. The lowest BCUT2D eigenvalue weighted by Crippen LogP contribution is -2.35. The molecule has 3 N–H and O–H groups in total. The number of thioether (sulfide) groups is 1. The summed E-state index contributed by atoms with van der Waals surface area (Å²) in [4.78, 5) is 20.3. The van der Waals surface area contributed by atoms with Crippen molar-refractivity contribution >= 4 is 23.4 Å². The average Bonchev–Trinajstić information content (AvgIpc) is 3.68. The molecule has 0 radical (unpaired) electrons. The van der Waals surface area contributed by atoms with Crippen LogP contribution >= 0.6 is 11.8 Å². The van der Waals surface area contributed by atoms with E-state index in [1.54, 1.807) is 42.1 Å². The van der Waals surface area contributed by atoms with Crippen LogP contribution in [0.25, 0.3) is 0 Å². The van der Waals surface area contributed by atoms with Crippen LogP contribution in [-0.4, -0.2) is 28.2 Å². The minimum atomic E-state index is -3.25. The lowest BCUT2D eigenvalue weighted by atomic mass is 10.1. The van der Waals surface area contributed by atoms with E-state index in [0.29, 0.717) is 18.6 Å². The second-order valence-corrected chi connectivity index (χ2v) is 8.77. The SMILES string of the molecule is CS/C=C/C(NC(=O)c1cnc(C(C)(F)F)nc1Oc1ccccc1)C1CC1.Nc1ccccc1. The Morgan fingerprint density at radius 2 is 1.80 bits per heavy atom. The van der Waals surface area contributed by atoms with Crippen LogP contribution < -0.4 is 15.8 Å². The van der Waals surface area contributed by atoms with Gasteiger partial charge in [-0.05, 0) is 54.7 Å². The number of aromatic nitrogens is 2. The monoisotopic (exact) mass is 498 g/mol. The molecule has 184 valence electrons. The zero-order valence-electron chi connectivity index (χ0n) is 19.5. The first kappa shape index (κ1) is 26.2. The Kier molecular flexibility index (Phi) is 9.19. The summed E-state index contributed by atoms with van der Waals surface area (Å²) in [6, 6.07) is 17.9. The number of nitrogens with one attached hydrogen (secondary N) is 1. The van der Waals surface area contributed by atoms with E-state index in [4.69, 9.17) is 10.5 Å². The summed E-state index contributed by atoms with van der Waals surface area (Å²) >= 11 is 1.54. The highest BCUT2D eigenvalue weighted by Gasteiger charge is 2.33. The highest BCUT2D eigenvalue weighted by atomic mass is 32.2. The first-order valence-electron chi connectivity index (χ1n) is 11.1. The first-order valence-corrected chi connectivity index (χ1v) is 12.4. The molecule has 3 aromatic rings. The van der Waals surface area contributed by atoms with E-state index < -0.39 is 17.7 Å². The molecule has 6 nitrogen and oxygen atoms in total. The van der Waals surface area contributed by atoms with Gasteiger partial charge in [-0.2, -0.15) is 13.8 Å². The number of rotatable bonds is 8. The quantitative estimate of drug-likeness (QED) is 0.368. The van der Waals surface area contributed by atoms with Crippen LogP contribution in [0.5, 0.6) is 11.6 Å². The van der Waals surface area contributed by atoms with Gasteiger partial charge >= 0.3 is 5.92 Å².